The van der Waals surface area contributed by atoms with Gasteiger partial charge in [0.2, 0.25) is 5.89 Å². The number of amides is 1. The molecule has 3 aromatic rings. The number of nitrogens with one attached hydrogen (secondary N) is 1. The predicted octanol–water partition coefficient (Wildman–Crippen LogP) is 4.43. The lowest BCUT2D eigenvalue weighted by Gasteiger charge is -2.05. The van der Waals surface area contributed by atoms with E-state index in [0.29, 0.717) is 30.4 Å². The van der Waals surface area contributed by atoms with Gasteiger partial charge in [-0.15, -0.1) is 5.10 Å². The van der Waals surface area contributed by atoms with E-state index in [9.17, 15) is 4.79 Å². The van der Waals surface area contributed by atoms with Gasteiger partial charge in [0.25, 0.3) is 5.91 Å². The van der Waals surface area contributed by atoms with E-state index in [2.05, 4.69) is 53.6 Å². The summed E-state index contributed by atoms with van der Waals surface area (Å²) in [7, 11) is 0. The van der Waals surface area contributed by atoms with Gasteiger partial charge in [0.15, 0.2) is 0 Å². The fourth-order valence-corrected chi connectivity index (χ4v) is 2.61. The molecule has 0 bridgehead atoms. The second-order valence-corrected chi connectivity index (χ2v) is 6.49. The zero-order valence-electron chi connectivity index (χ0n) is 15.7. The SMILES string of the molecule is CCOc1ccc(C(=O)Nc2nnc(Cc3ccc(C(C)C)cc3)o2)cc1. The maximum Gasteiger partial charge on any atom is 0.322 e. The molecule has 0 atom stereocenters. The zero-order valence-corrected chi connectivity index (χ0v) is 15.7. The number of nitrogens with zero attached hydrogens (tertiary/aromatic N) is 2. The van der Waals surface area contributed by atoms with Crippen molar-refractivity contribution in [1.29, 1.82) is 0 Å². The summed E-state index contributed by atoms with van der Waals surface area (Å²) in [6.07, 6.45) is 0.518. The van der Waals surface area contributed by atoms with Crippen molar-refractivity contribution in [1.82, 2.24) is 10.2 Å². The molecule has 6 heteroatoms. The molecule has 0 saturated carbocycles. The van der Waals surface area contributed by atoms with Crippen molar-refractivity contribution in [3.63, 3.8) is 0 Å². The Morgan fingerprint density at radius 3 is 2.41 bits per heavy atom. The smallest absolute Gasteiger partial charge is 0.322 e. The molecule has 0 aliphatic carbocycles. The van der Waals surface area contributed by atoms with E-state index >= 15 is 0 Å². The highest BCUT2D eigenvalue weighted by molar-refractivity contribution is 6.03. The molecule has 0 spiro atoms. The van der Waals surface area contributed by atoms with Gasteiger partial charge in [-0.2, -0.15) is 0 Å². The summed E-state index contributed by atoms with van der Waals surface area (Å²) >= 11 is 0. The topological polar surface area (TPSA) is 77.2 Å². The normalized spacial score (nSPS) is 10.8. The van der Waals surface area contributed by atoms with E-state index in [1.165, 1.54) is 5.56 Å². The van der Waals surface area contributed by atoms with Crippen molar-refractivity contribution >= 4 is 11.9 Å². The van der Waals surface area contributed by atoms with Crippen molar-refractivity contribution < 1.29 is 13.9 Å². The van der Waals surface area contributed by atoms with Crippen LogP contribution in [0.25, 0.3) is 0 Å². The van der Waals surface area contributed by atoms with Crippen LogP contribution in [0.3, 0.4) is 0 Å². The molecule has 0 aliphatic rings. The Morgan fingerprint density at radius 2 is 1.78 bits per heavy atom. The molecule has 0 fully saturated rings. The van der Waals surface area contributed by atoms with E-state index in [1.807, 2.05) is 6.92 Å². The summed E-state index contributed by atoms with van der Waals surface area (Å²) in [5.41, 5.74) is 2.85. The maximum atomic E-state index is 12.3. The second-order valence-electron chi connectivity index (χ2n) is 6.49. The van der Waals surface area contributed by atoms with E-state index in [4.69, 9.17) is 9.15 Å². The maximum absolute atomic E-state index is 12.3. The number of aromatic nitrogens is 2. The lowest BCUT2D eigenvalue weighted by molar-refractivity contribution is 0.102. The first kappa shape index (κ1) is 18.6. The third-order valence-corrected chi connectivity index (χ3v) is 4.12. The number of benzene rings is 2. The van der Waals surface area contributed by atoms with Gasteiger partial charge in [-0.1, -0.05) is 43.2 Å². The first-order valence-corrected chi connectivity index (χ1v) is 9.00. The third kappa shape index (κ3) is 4.94. The molecule has 1 aromatic heterocycles. The zero-order chi connectivity index (χ0) is 19.2. The number of hydrogen-bond acceptors (Lipinski definition) is 5. The van der Waals surface area contributed by atoms with Crippen LogP contribution >= 0.6 is 0 Å². The molecule has 2 aromatic carbocycles. The number of hydrogen-bond donors (Lipinski definition) is 1. The minimum absolute atomic E-state index is 0.0858. The minimum Gasteiger partial charge on any atom is -0.494 e. The van der Waals surface area contributed by atoms with Gasteiger partial charge in [0.1, 0.15) is 5.75 Å². The minimum atomic E-state index is -0.311. The Kier molecular flexibility index (Phi) is 5.86. The molecule has 6 nitrogen and oxygen atoms in total. The van der Waals surface area contributed by atoms with Crippen LogP contribution in [0.1, 0.15) is 54.1 Å². The van der Waals surface area contributed by atoms with Gasteiger partial charge in [0.05, 0.1) is 13.0 Å². The van der Waals surface area contributed by atoms with Crippen molar-refractivity contribution in [2.45, 2.75) is 33.1 Å². The summed E-state index contributed by atoms with van der Waals surface area (Å²) in [6, 6.07) is 15.3. The van der Waals surface area contributed by atoms with E-state index in [1.54, 1.807) is 24.3 Å². The summed E-state index contributed by atoms with van der Waals surface area (Å²) in [6.45, 7) is 6.81. The van der Waals surface area contributed by atoms with Gasteiger partial charge in [-0.05, 0) is 48.2 Å². The predicted molar refractivity (Wildman–Crippen MR) is 103 cm³/mol. The number of carbonyl (C=O) groups is 1. The molecule has 0 saturated heterocycles. The molecule has 1 amide bonds. The summed E-state index contributed by atoms with van der Waals surface area (Å²) < 4.78 is 10.9. The Labute approximate surface area is 158 Å². The molecule has 0 aliphatic heterocycles. The van der Waals surface area contributed by atoms with Crippen LogP contribution in [-0.2, 0) is 6.42 Å². The molecule has 3 rings (SSSR count). The average Bonchev–Trinajstić information content (AvgIpc) is 3.10. The fraction of sp³-hybridized carbons (Fsp3) is 0.286. The molecule has 1 N–H and O–H groups in total. The number of anilines is 1. The first-order valence-electron chi connectivity index (χ1n) is 9.00. The van der Waals surface area contributed by atoms with Crippen LogP contribution < -0.4 is 10.1 Å². The summed E-state index contributed by atoms with van der Waals surface area (Å²) in [5, 5.41) is 10.5. The van der Waals surface area contributed by atoms with Crippen LogP contribution in [0.2, 0.25) is 0 Å². The van der Waals surface area contributed by atoms with Crippen molar-refractivity contribution in [2.75, 3.05) is 11.9 Å². The van der Waals surface area contributed by atoms with Crippen LogP contribution in [-0.4, -0.2) is 22.7 Å². The van der Waals surface area contributed by atoms with Crippen LogP contribution in [0.4, 0.5) is 6.01 Å². The molecule has 27 heavy (non-hydrogen) atoms. The van der Waals surface area contributed by atoms with E-state index in [-0.39, 0.29) is 11.9 Å². The van der Waals surface area contributed by atoms with Crippen LogP contribution in [0.5, 0.6) is 5.75 Å². The number of ether oxygens (including phenoxy) is 1. The monoisotopic (exact) mass is 365 g/mol. The van der Waals surface area contributed by atoms with Gasteiger partial charge in [-0.3, -0.25) is 10.1 Å². The van der Waals surface area contributed by atoms with Crippen LogP contribution in [0, 0.1) is 0 Å². The quantitative estimate of drug-likeness (QED) is 0.670. The lowest BCUT2D eigenvalue weighted by atomic mass is 10.0. The van der Waals surface area contributed by atoms with Gasteiger partial charge in [-0.25, -0.2) is 0 Å². The highest BCUT2D eigenvalue weighted by Crippen LogP contribution is 2.18. The average molecular weight is 365 g/mol. The van der Waals surface area contributed by atoms with Gasteiger partial charge in [0, 0.05) is 5.56 Å². The second kappa shape index (κ2) is 8.49. The molecule has 0 radical (unpaired) electrons. The largest absolute Gasteiger partial charge is 0.494 e. The summed E-state index contributed by atoms with van der Waals surface area (Å²) in [4.78, 5) is 12.3. The first-order chi connectivity index (χ1) is 13.0. The highest BCUT2D eigenvalue weighted by Gasteiger charge is 2.12. The van der Waals surface area contributed by atoms with Gasteiger partial charge >= 0.3 is 6.01 Å². The highest BCUT2D eigenvalue weighted by atomic mass is 16.5. The standard InChI is InChI=1S/C21H23N3O3/c1-4-26-18-11-9-17(10-12-18)20(25)22-21-24-23-19(27-21)13-15-5-7-16(8-6-15)14(2)3/h5-12,14H,4,13H2,1-3H3,(H,22,24,25). The Morgan fingerprint density at radius 1 is 1.07 bits per heavy atom. The molecular formula is C21H23N3O3. The molecule has 140 valence electrons. The fourth-order valence-electron chi connectivity index (χ4n) is 2.61. The van der Waals surface area contributed by atoms with Crippen molar-refractivity contribution in [3.05, 3.63) is 71.1 Å². The Balaban J connectivity index is 1.60. The lowest BCUT2D eigenvalue weighted by Crippen LogP contribution is -2.12. The van der Waals surface area contributed by atoms with Crippen molar-refractivity contribution in [2.24, 2.45) is 0 Å². The Bertz CT molecular complexity index is 884. The number of carbonyl (C=O) groups excluding carboxylic acids is 1. The molecule has 0 unspecified atom stereocenters. The van der Waals surface area contributed by atoms with E-state index in [0.717, 1.165) is 11.3 Å². The third-order valence-electron chi connectivity index (χ3n) is 4.12. The van der Waals surface area contributed by atoms with Gasteiger partial charge < -0.3 is 9.15 Å². The van der Waals surface area contributed by atoms with E-state index < -0.39 is 0 Å². The van der Waals surface area contributed by atoms with Crippen molar-refractivity contribution in [3.8, 4) is 5.75 Å². The van der Waals surface area contributed by atoms with Crippen LogP contribution in [0.15, 0.2) is 52.9 Å². The molecular weight excluding hydrogens is 342 g/mol. The summed E-state index contributed by atoms with van der Waals surface area (Å²) in [5.74, 6) is 1.35. The number of rotatable bonds is 7. The Hall–Kier alpha value is -3.15. The molecule has 1 heterocycles.